The molecule has 0 fully saturated rings. The first kappa shape index (κ1) is 17.1. The zero-order valence-corrected chi connectivity index (χ0v) is 17.1. The second kappa shape index (κ2) is 6.53. The Balaban J connectivity index is 1.81. The van der Waals surface area contributed by atoms with Crippen molar-refractivity contribution in [1.29, 1.82) is 0 Å². The minimum absolute atomic E-state index is 0.00211. The van der Waals surface area contributed by atoms with Crippen molar-refractivity contribution in [2.75, 3.05) is 19.3 Å². The molecule has 4 nitrogen and oxygen atoms in total. The molecule has 136 valence electrons. The Morgan fingerprint density at radius 1 is 1.22 bits per heavy atom. The van der Waals surface area contributed by atoms with E-state index in [9.17, 15) is 4.79 Å². The van der Waals surface area contributed by atoms with Crippen LogP contribution in [0.15, 0.2) is 35.0 Å². The van der Waals surface area contributed by atoms with Crippen LogP contribution in [0.3, 0.4) is 0 Å². The van der Waals surface area contributed by atoms with Gasteiger partial charge in [-0.05, 0) is 35.5 Å². The summed E-state index contributed by atoms with van der Waals surface area (Å²) in [7, 11) is 2.13. The first-order valence-corrected chi connectivity index (χ1v) is 11.3. The van der Waals surface area contributed by atoms with Crippen molar-refractivity contribution in [1.82, 2.24) is 9.88 Å². The lowest BCUT2D eigenvalue weighted by atomic mass is 9.96. The number of nitrogens with zero attached hydrogens (tertiary/aromatic N) is 2. The van der Waals surface area contributed by atoms with E-state index in [1.165, 1.54) is 33.1 Å². The van der Waals surface area contributed by atoms with Crippen LogP contribution in [0.1, 0.15) is 25.8 Å². The van der Waals surface area contributed by atoms with Crippen LogP contribution in [0, 0.1) is 0 Å². The first-order chi connectivity index (χ1) is 13.1. The van der Waals surface area contributed by atoms with Crippen LogP contribution in [0.2, 0.25) is 0 Å². The zero-order valence-electron chi connectivity index (χ0n) is 14.7. The highest BCUT2D eigenvalue weighted by molar-refractivity contribution is 7.22. The van der Waals surface area contributed by atoms with Gasteiger partial charge in [0.1, 0.15) is 9.71 Å². The Kier molecular flexibility index (Phi) is 4.12. The molecule has 1 aliphatic rings. The van der Waals surface area contributed by atoms with E-state index < -0.39 is 0 Å². The van der Waals surface area contributed by atoms with Crippen molar-refractivity contribution in [2.45, 2.75) is 13.0 Å². The van der Waals surface area contributed by atoms with E-state index in [0.29, 0.717) is 10.6 Å². The van der Waals surface area contributed by atoms with Crippen molar-refractivity contribution in [3.8, 4) is 10.4 Å². The van der Waals surface area contributed by atoms with Crippen LogP contribution >= 0.6 is 34.0 Å². The molecular weight excluding hydrogens is 394 g/mol. The lowest BCUT2D eigenvalue weighted by Crippen LogP contribution is -2.27. The summed E-state index contributed by atoms with van der Waals surface area (Å²) < 4.78 is 0. The molecule has 0 radical (unpaired) electrons. The van der Waals surface area contributed by atoms with E-state index in [1.54, 1.807) is 11.3 Å². The van der Waals surface area contributed by atoms with Gasteiger partial charge < -0.3 is 10.6 Å². The predicted octanol–water partition coefficient (Wildman–Crippen LogP) is 4.89. The number of carbonyl (C=O) groups is 1. The highest BCUT2D eigenvalue weighted by Crippen LogP contribution is 2.45. The molecule has 1 aliphatic heterocycles. The molecular formula is C20H17N3OS3. The SMILES string of the molecule is CN1CCc2nc3sc(C(=O)c4cccs4)c(N)c3c(-c3cccs3)c2C1. The quantitative estimate of drug-likeness (QED) is 0.488. The molecule has 7 heteroatoms. The normalized spacial score (nSPS) is 14.6. The Morgan fingerprint density at radius 3 is 2.78 bits per heavy atom. The molecule has 0 aromatic carbocycles. The molecule has 27 heavy (non-hydrogen) atoms. The molecule has 0 saturated carbocycles. The molecule has 0 saturated heterocycles. The van der Waals surface area contributed by atoms with Crippen molar-refractivity contribution >= 4 is 55.7 Å². The fourth-order valence-corrected chi connectivity index (χ4v) is 6.26. The molecule has 0 spiro atoms. The number of hydrogen-bond acceptors (Lipinski definition) is 7. The van der Waals surface area contributed by atoms with Crippen LogP contribution in [0.4, 0.5) is 5.69 Å². The van der Waals surface area contributed by atoms with Crippen molar-refractivity contribution in [3.63, 3.8) is 0 Å². The van der Waals surface area contributed by atoms with Crippen LogP contribution in [-0.2, 0) is 13.0 Å². The molecule has 0 amide bonds. The second-order valence-corrected chi connectivity index (χ2v) is 9.60. The molecule has 0 aliphatic carbocycles. The number of nitrogens with two attached hydrogens (primary N) is 1. The summed E-state index contributed by atoms with van der Waals surface area (Å²) in [6, 6.07) is 7.94. The Hall–Kier alpha value is -2.06. The summed E-state index contributed by atoms with van der Waals surface area (Å²) in [4.78, 5) is 23.6. The van der Waals surface area contributed by atoms with Gasteiger partial charge in [0.15, 0.2) is 0 Å². The molecule has 0 bridgehead atoms. The zero-order chi connectivity index (χ0) is 18.5. The van der Waals surface area contributed by atoms with Gasteiger partial charge in [0, 0.05) is 41.0 Å². The maximum absolute atomic E-state index is 13.0. The number of aromatic nitrogens is 1. The third kappa shape index (κ3) is 2.73. The van der Waals surface area contributed by atoms with Gasteiger partial charge >= 0.3 is 0 Å². The van der Waals surface area contributed by atoms with Gasteiger partial charge in [-0.25, -0.2) is 4.98 Å². The van der Waals surface area contributed by atoms with Crippen LogP contribution in [0.5, 0.6) is 0 Å². The van der Waals surface area contributed by atoms with E-state index in [0.717, 1.165) is 45.9 Å². The predicted molar refractivity (Wildman–Crippen MR) is 115 cm³/mol. The molecule has 4 aromatic heterocycles. The fraction of sp³-hybridized carbons (Fsp3) is 0.200. The van der Waals surface area contributed by atoms with Crippen molar-refractivity contribution in [2.24, 2.45) is 0 Å². The molecule has 5 heterocycles. The van der Waals surface area contributed by atoms with Gasteiger partial charge in [-0.15, -0.1) is 34.0 Å². The van der Waals surface area contributed by atoms with E-state index in [4.69, 9.17) is 10.7 Å². The molecule has 2 N–H and O–H groups in total. The standard InChI is InChI=1S/C20H17N3OS3/c1-23-7-6-12-11(10-23)15(13-4-2-8-25-13)16-17(21)19(27-20(16)22-12)18(24)14-5-3-9-26-14/h2-5,8-9H,6-7,10,21H2,1H3. The van der Waals surface area contributed by atoms with E-state index in [-0.39, 0.29) is 5.78 Å². The van der Waals surface area contributed by atoms with Gasteiger partial charge in [0.05, 0.1) is 10.6 Å². The summed E-state index contributed by atoms with van der Waals surface area (Å²) in [5.41, 5.74) is 10.7. The Labute approximate surface area is 168 Å². The third-order valence-corrected chi connectivity index (χ3v) is 7.79. The Morgan fingerprint density at radius 2 is 2.04 bits per heavy atom. The summed E-state index contributed by atoms with van der Waals surface area (Å²) in [6.07, 6.45) is 0.923. The van der Waals surface area contributed by atoms with Crippen LogP contribution < -0.4 is 5.73 Å². The summed E-state index contributed by atoms with van der Waals surface area (Å²) in [5.74, 6) is -0.00211. The number of thiophene rings is 3. The van der Waals surface area contributed by atoms with Gasteiger partial charge in [-0.3, -0.25) is 4.79 Å². The number of hydrogen-bond donors (Lipinski definition) is 1. The first-order valence-electron chi connectivity index (χ1n) is 8.68. The molecule has 4 aromatic rings. The third-order valence-electron chi connectivity index (χ3n) is 4.94. The number of anilines is 1. The van der Waals surface area contributed by atoms with Gasteiger partial charge in [0.2, 0.25) is 5.78 Å². The van der Waals surface area contributed by atoms with E-state index in [1.807, 2.05) is 17.5 Å². The number of fused-ring (bicyclic) bond motifs is 2. The van der Waals surface area contributed by atoms with Crippen LogP contribution in [0.25, 0.3) is 20.7 Å². The number of pyridine rings is 1. The topological polar surface area (TPSA) is 59.2 Å². The lowest BCUT2D eigenvalue weighted by Gasteiger charge is -2.26. The van der Waals surface area contributed by atoms with Crippen molar-refractivity contribution in [3.05, 3.63) is 56.0 Å². The average Bonchev–Trinajstić information content (AvgIpc) is 3.42. The highest BCUT2D eigenvalue weighted by Gasteiger charge is 2.27. The lowest BCUT2D eigenvalue weighted by molar-refractivity contribution is 0.104. The van der Waals surface area contributed by atoms with E-state index >= 15 is 0 Å². The number of likely N-dealkylation sites (N-methyl/N-ethyl adjacent to an activating group) is 1. The van der Waals surface area contributed by atoms with Gasteiger partial charge in [0.25, 0.3) is 0 Å². The maximum atomic E-state index is 13.0. The number of nitrogen functional groups attached to an aromatic ring is 1. The largest absolute Gasteiger partial charge is 0.397 e. The number of rotatable bonds is 3. The summed E-state index contributed by atoms with van der Waals surface area (Å²) >= 11 is 4.58. The van der Waals surface area contributed by atoms with Gasteiger partial charge in [-0.2, -0.15) is 0 Å². The average molecular weight is 412 g/mol. The van der Waals surface area contributed by atoms with Crippen LogP contribution in [-0.4, -0.2) is 29.3 Å². The minimum atomic E-state index is -0.00211. The minimum Gasteiger partial charge on any atom is -0.397 e. The van der Waals surface area contributed by atoms with Gasteiger partial charge in [-0.1, -0.05) is 12.1 Å². The maximum Gasteiger partial charge on any atom is 0.215 e. The van der Waals surface area contributed by atoms with E-state index in [2.05, 4.69) is 29.5 Å². The monoisotopic (exact) mass is 411 g/mol. The molecule has 0 unspecified atom stereocenters. The summed E-state index contributed by atoms with van der Waals surface area (Å²) in [5, 5.41) is 4.94. The molecule has 5 rings (SSSR count). The van der Waals surface area contributed by atoms with Crippen molar-refractivity contribution < 1.29 is 4.79 Å². The summed E-state index contributed by atoms with van der Waals surface area (Å²) in [6.45, 7) is 1.85. The Bertz CT molecular complexity index is 1140. The number of carbonyl (C=O) groups excluding carboxylic acids is 1. The second-order valence-electron chi connectivity index (χ2n) is 6.71. The smallest absolute Gasteiger partial charge is 0.215 e. The molecule has 0 atom stereocenters. The highest BCUT2D eigenvalue weighted by atomic mass is 32.1. The number of ketones is 1. The fourth-order valence-electron chi connectivity index (χ4n) is 3.64.